The molecule has 2 nitrogen and oxygen atoms in total. The molecule has 0 bridgehead atoms. The van der Waals surface area contributed by atoms with E-state index in [0.29, 0.717) is 6.61 Å². The predicted molar refractivity (Wildman–Crippen MR) is 58.5 cm³/mol. The molecular formula is C13H12O2. The Morgan fingerprint density at radius 1 is 1.20 bits per heavy atom. The number of fused-ring (bicyclic) bond motifs is 3. The highest BCUT2D eigenvalue weighted by Gasteiger charge is 2.24. The van der Waals surface area contributed by atoms with E-state index < -0.39 is 0 Å². The third-order valence-corrected chi connectivity index (χ3v) is 2.92. The molecule has 0 aliphatic carbocycles. The van der Waals surface area contributed by atoms with Crippen molar-refractivity contribution in [1.82, 2.24) is 0 Å². The lowest BCUT2D eigenvalue weighted by Crippen LogP contribution is -1.97. The largest absolute Gasteiger partial charge is 0.352 e. The van der Waals surface area contributed by atoms with E-state index in [4.69, 9.17) is 9.47 Å². The summed E-state index contributed by atoms with van der Waals surface area (Å²) < 4.78 is 10.8. The van der Waals surface area contributed by atoms with Crippen molar-refractivity contribution in [2.24, 2.45) is 0 Å². The van der Waals surface area contributed by atoms with Gasteiger partial charge in [0, 0.05) is 12.7 Å². The van der Waals surface area contributed by atoms with E-state index in [2.05, 4.69) is 36.4 Å². The Morgan fingerprint density at radius 3 is 2.93 bits per heavy atom. The number of rotatable bonds is 1. The summed E-state index contributed by atoms with van der Waals surface area (Å²) in [4.78, 5) is 0. The summed E-state index contributed by atoms with van der Waals surface area (Å²) in [5.41, 5.74) is 2.43. The fraction of sp³-hybridized carbons (Fsp3) is 0.231. The van der Waals surface area contributed by atoms with E-state index in [9.17, 15) is 0 Å². The number of hydrogen-bond acceptors (Lipinski definition) is 2. The molecule has 2 heteroatoms. The first-order valence-electron chi connectivity index (χ1n) is 5.05. The van der Waals surface area contributed by atoms with Crippen LogP contribution >= 0.6 is 0 Å². The Hall–Kier alpha value is -1.38. The molecule has 76 valence electrons. The standard InChI is InChI=1S/C13H12O2/c1-14-13-11-7-6-9-4-2-3-5-10(9)12(11)8-15-13/h2-7,13H,8H2,1H3. The normalized spacial score (nSPS) is 19.4. The molecule has 0 spiro atoms. The smallest absolute Gasteiger partial charge is 0.184 e. The van der Waals surface area contributed by atoms with E-state index >= 15 is 0 Å². The number of hydrogen-bond donors (Lipinski definition) is 0. The molecule has 1 unspecified atom stereocenters. The van der Waals surface area contributed by atoms with Crippen molar-refractivity contribution in [2.45, 2.75) is 12.9 Å². The van der Waals surface area contributed by atoms with Crippen molar-refractivity contribution < 1.29 is 9.47 Å². The van der Waals surface area contributed by atoms with Crippen molar-refractivity contribution in [3.63, 3.8) is 0 Å². The Balaban J connectivity index is 2.28. The van der Waals surface area contributed by atoms with Crippen LogP contribution in [0.4, 0.5) is 0 Å². The topological polar surface area (TPSA) is 18.5 Å². The molecule has 0 N–H and O–H groups in total. The number of benzene rings is 2. The van der Waals surface area contributed by atoms with Crippen molar-refractivity contribution in [1.29, 1.82) is 0 Å². The van der Waals surface area contributed by atoms with Gasteiger partial charge in [0.15, 0.2) is 6.29 Å². The van der Waals surface area contributed by atoms with Crippen molar-refractivity contribution in [3.8, 4) is 0 Å². The van der Waals surface area contributed by atoms with Crippen LogP contribution in [-0.4, -0.2) is 7.11 Å². The summed E-state index contributed by atoms with van der Waals surface area (Å²) in [6.45, 7) is 0.648. The Labute approximate surface area is 88.4 Å². The van der Waals surface area contributed by atoms with E-state index in [0.717, 1.165) is 5.56 Å². The van der Waals surface area contributed by atoms with Crippen LogP contribution in [0.25, 0.3) is 10.8 Å². The third kappa shape index (κ3) is 1.26. The minimum absolute atomic E-state index is 0.190. The van der Waals surface area contributed by atoms with Gasteiger partial charge in [-0.25, -0.2) is 0 Å². The average Bonchev–Trinajstić information content (AvgIpc) is 2.72. The van der Waals surface area contributed by atoms with Crippen molar-refractivity contribution in [2.75, 3.05) is 7.11 Å². The SMILES string of the molecule is COC1OCc2c1ccc1ccccc21. The maximum atomic E-state index is 5.56. The van der Waals surface area contributed by atoms with Gasteiger partial charge in [0.2, 0.25) is 0 Å². The van der Waals surface area contributed by atoms with Gasteiger partial charge in [-0.15, -0.1) is 0 Å². The molecule has 0 fully saturated rings. The van der Waals surface area contributed by atoms with Gasteiger partial charge in [-0.3, -0.25) is 0 Å². The molecule has 0 amide bonds. The molecule has 1 heterocycles. The Morgan fingerprint density at radius 2 is 2.07 bits per heavy atom. The third-order valence-electron chi connectivity index (χ3n) is 2.92. The van der Waals surface area contributed by atoms with Gasteiger partial charge in [0.1, 0.15) is 0 Å². The second kappa shape index (κ2) is 3.33. The molecule has 0 radical (unpaired) electrons. The monoisotopic (exact) mass is 200 g/mol. The Kier molecular flexibility index (Phi) is 1.97. The van der Waals surface area contributed by atoms with Crippen molar-refractivity contribution >= 4 is 10.8 Å². The first-order valence-corrected chi connectivity index (χ1v) is 5.05. The van der Waals surface area contributed by atoms with Gasteiger partial charge in [-0.1, -0.05) is 36.4 Å². The zero-order valence-corrected chi connectivity index (χ0v) is 8.57. The molecule has 0 saturated heterocycles. The van der Waals surface area contributed by atoms with Crippen LogP contribution in [0.15, 0.2) is 36.4 Å². The molecule has 2 aromatic rings. The first-order chi connectivity index (χ1) is 7.40. The van der Waals surface area contributed by atoms with Crippen LogP contribution < -0.4 is 0 Å². The lowest BCUT2D eigenvalue weighted by atomic mass is 10.0. The zero-order valence-electron chi connectivity index (χ0n) is 8.57. The molecule has 15 heavy (non-hydrogen) atoms. The molecule has 1 aliphatic heterocycles. The summed E-state index contributed by atoms with van der Waals surface area (Å²) in [5.74, 6) is 0. The summed E-state index contributed by atoms with van der Waals surface area (Å²) in [7, 11) is 1.68. The molecule has 1 atom stereocenters. The van der Waals surface area contributed by atoms with E-state index in [-0.39, 0.29) is 6.29 Å². The summed E-state index contributed by atoms with van der Waals surface area (Å²) >= 11 is 0. The quantitative estimate of drug-likeness (QED) is 0.704. The van der Waals surface area contributed by atoms with E-state index in [1.165, 1.54) is 16.3 Å². The molecular weight excluding hydrogens is 188 g/mol. The molecule has 0 aromatic heterocycles. The maximum absolute atomic E-state index is 5.56. The van der Waals surface area contributed by atoms with Gasteiger partial charge in [-0.05, 0) is 16.3 Å². The fourth-order valence-corrected chi connectivity index (χ4v) is 2.18. The maximum Gasteiger partial charge on any atom is 0.184 e. The van der Waals surface area contributed by atoms with Gasteiger partial charge >= 0.3 is 0 Å². The highest BCUT2D eigenvalue weighted by molar-refractivity contribution is 5.87. The Bertz CT molecular complexity index is 505. The lowest BCUT2D eigenvalue weighted by Gasteiger charge is -2.08. The zero-order chi connectivity index (χ0) is 10.3. The molecule has 3 rings (SSSR count). The van der Waals surface area contributed by atoms with Gasteiger partial charge in [0.25, 0.3) is 0 Å². The minimum Gasteiger partial charge on any atom is -0.352 e. The van der Waals surface area contributed by atoms with Crippen LogP contribution in [0.5, 0.6) is 0 Å². The minimum atomic E-state index is -0.190. The summed E-state index contributed by atoms with van der Waals surface area (Å²) in [6, 6.07) is 12.6. The highest BCUT2D eigenvalue weighted by Crippen LogP contribution is 2.35. The molecule has 1 aliphatic rings. The molecule has 0 saturated carbocycles. The van der Waals surface area contributed by atoms with Gasteiger partial charge < -0.3 is 9.47 Å². The highest BCUT2D eigenvalue weighted by atomic mass is 16.7. The average molecular weight is 200 g/mol. The lowest BCUT2D eigenvalue weighted by molar-refractivity contribution is -0.118. The second-order valence-electron chi connectivity index (χ2n) is 3.73. The van der Waals surface area contributed by atoms with Crippen LogP contribution in [0.2, 0.25) is 0 Å². The van der Waals surface area contributed by atoms with E-state index in [1.807, 2.05) is 0 Å². The van der Waals surface area contributed by atoms with E-state index in [1.54, 1.807) is 7.11 Å². The molecule has 2 aromatic carbocycles. The summed E-state index contributed by atoms with van der Waals surface area (Å²) in [6.07, 6.45) is -0.190. The number of ether oxygens (including phenoxy) is 2. The van der Waals surface area contributed by atoms with Crippen LogP contribution in [-0.2, 0) is 16.1 Å². The van der Waals surface area contributed by atoms with Crippen LogP contribution in [0, 0.1) is 0 Å². The first kappa shape index (κ1) is 8.89. The predicted octanol–water partition coefficient (Wildman–Crippen LogP) is 3.02. The van der Waals surface area contributed by atoms with Crippen LogP contribution in [0.3, 0.4) is 0 Å². The second-order valence-corrected chi connectivity index (χ2v) is 3.73. The van der Waals surface area contributed by atoms with Gasteiger partial charge in [0.05, 0.1) is 6.61 Å². The van der Waals surface area contributed by atoms with Crippen molar-refractivity contribution in [3.05, 3.63) is 47.5 Å². The number of methoxy groups -OCH3 is 1. The fourth-order valence-electron chi connectivity index (χ4n) is 2.18. The summed E-state index contributed by atoms with van der Waals surface area (Å²) in [5, 5.41) is 2.53. The van der Waals surface area contributed by atoms with Gasteiger partial charge in [-0.2, -0.15) is 0 Å². The van der Waals surface area contributed by atoms with Crippen LogP contribution in [0.1, 0.15) is 17.4 Å².